The SMILES string of the molecule is C=C(C)C(=O)O.C=C(C)C(=O)O.C=CC(=O)O.C=CC(=O)O.C=CC(=O)O.CCC(CO)(CO)CO.O=CCCCCC=O. The molecule has 0 saturated carbocycles. The standard InChI is InChI=1S/C6H14O3.C6H10O2.2C4H6O2.3C3H4O2/c1-2-6(3-7,4-8)5-9;7-5-3-1-2-4-6-8;2*1-3(2)4(5)6;3*1-2-3(4)5/h7-9H,2-5H2,1H3;5-6H,1-4H2;2*1H2,2H3,(H,5,6);3*2H,1H2,(H,4,5). The number of carboxylic acid groups (broad SMARTS) is 5. The Bertz CT molecular complexity index is 752. The Morgan fingerprint density at radius 1 is 0.591 bits per heavy atom. The van der Waals surface area contributed by atoms with Gasteiger partial charge in [-0.1, -0.05) is 39.8 Å². The van der Waals surface area contributed by atoms with Crippen LogP contribution in [0.4, 0.5) is 0 Å². The molecule has 0 aliphatic heterocycles. The fraction of sp³-hybridized carbons (Fsp3) is 0.414. The van der Waals surface area contributed by atoms with Crippen molar-refractivity contribution in [2.24, 2.45) is 5.41 Å². The molecule has 0 aliphatic rings. The van der Waals surface area contributed by atoms with E-state index >= 15 is 0 Å². The molecule has 0 aliphatic carbocycles. The Hall–Kier alpha value is -4.73. The largest absolute Gasteiger partial charge is 0.478 e. The number of carbonyl (C=O) groups excluding carboxylic acids is 2. The summed E-state index contributed by atoms with van der Waals surface area (Å²) < 4.78 is 0. The van der Waals surface area contributed by atoms with Crippen LogP contribution >= 0.6 is 0 Å². The van der Waals surface area contributed by atoms with Crippen LogP contribution in [0.5, 0.6) is 0 Å². The first-order valence-electron chi connectivity index (χ1n) is 12.3. The van der Waals surface area contributed by atoms with E-state index in [4.69, 9.17) is 40.9 Å². The van der Waals surface area contributed by atoms with Gasteiger partial charge in [0.2, 0.25) is 0 Å². The molecule has 0 aromatic carbocycles. The number of unbranched alkanes of at least 4 members (excludes halogenated alkanes) is 3. The Balaban J connectivity index is -0.0000000735. The van der Waals surface area contributed by atoms with Crippen LogP contribution in [0.15, 0.2) is 62.3 Å². The summed E-state index contributed by atoms with van der Waals surface area (Å²) in [4.78, 5) is 66.3. The first-order chi connectivity index (χ1) is 20.3. The molecule has 254 valence electrons. The predicted molar refractivity (Wildman–Crippen MR) is 163 cm³/mol. The van der Waals surface area contributed by atoms with Crippen molar-refractivity contribution in [2.45, 2.75) is 52.9 Å². The molecule has 0 aromatic heterocycles. The average molecular weight is 637 g/mol. The van der Waals surface area contributed by atoms with Crippen molar-refractivity contribution in [1.29, 1.82) is 0 Å². The lowest BCUT2D eigenvalue weighted by molar-refractivity contribution is -0.133. The van der Waals surface area contributed by atoms with Gasteiger partial charge in [-0.2, -0.15) is 0 Å². The summed E-state index contributed by atoms with van der Waals surface area (Å²) in [5.41, 5.74) is -0.315. The van der Waals surface area contributed by atoms with Crippen molar-refractivity contribution in [2.75, 3.05) is 19.8 Å². The van der Waals surface area contributed by atoms with E-state index in [1.165, 1.54) is 13.8 Å². The molecule has 0 aromatic rings. The van der Waals surface area contributed by atoms with Gasteiger partial charge >= 0.3 is 29.8 Å². The van der Waals surface area contributed by atoms with Gasteiger partial charge < -0.3 is 50.4 Å². The van der Waals surface area contributed by atoms with Gasteiger partial charge in [-0.15, -0.1) is 0 Å². The maximum atomic E-state index is 9.68. The Morgan fingerprint density at radius 3 is 0.818 bits per heavy atom. The van der Waals surface area contributed by atoms with Crippen molar-refractivity contribution < 1.29 is 74.4 Å². The van der Waals surface area contributed by atoms with E-state index in [0.717, 1.165) is 43.6 Å². The second kappa shape index (κ2) is 42.7. The number of aliphatic carboxylic acids is 5. The average Bonchev–Trinajstić information content (AvgIpc) is 2.98. The Morgan fingerprint density at radius 2 is 0.773 bits per heavy atom. The number of hydrogen-bond donors (Lipinski definition) is 8. The molecule has 15 nitrogen and oxygen atoms in total. The van der Waals surface area contributed by atoms with Gasteiger partial charge in [0.1, 0.15) is 12.6 Å². The van der Waals surface area contributed by atoms with Crippen LogP contribution in [0.3, 0.4) is 0 Å². The van der Waals surface area contributed by atoms with Gasteiger partial charge in [-0.3, -0.25) is 0 Å². The lowest BCUT2D eigenvalue weighted by Crippen LogP contribution is -2.32. The van der Waals surface area contributed by atoms with Gasteiger partial charge in [0.05, 0.1) is 19.8 Å². The number of hydrogen-bond acceptors (Lipinski definition) is 10. The smallest absolute Gasteiger partial charge is 0.330 e. The number of rotatable bonds is 14. The highest BCUT2D eigenvalue weighted by Gasteiger charge is 2.24. The summed E-state index contributed by atoms with van der Waals surface area (Å²) in [6.07, 6.45) is 7.73. The second-order valence-electron chi connectivity index (χ2n) is 7.74. The molecule has 0 radical (unpaired) electrons. The fourth-order valence-electron chi connectivity index (χ4n) is 0.941. The first kappa shape index (κ1) is 55.2. The molecule has 8 N–H and O–H groups in total. The summed E-state index contributed by atoms with van der Waals surface area (Å²) in [5, 5.41) is 64.6. The van der Waals surface area contributed by atoms with Gasteiger partial charge in [-0.25, -0.2) is 24.0 Å². The molecule has 0 saturated heterocycles. The zero-order chi connectivity index (χ0) is 36.7. The number of aldehydes is 2. The summed E-state index contributed by atoms with van der Waals surface area (Å²) >= 11 is 0. The molecular weight excluding hydrogens is 588 g/mol. The zero-order valence-corrected chi connectivity index (χ0v) is 25.5. The molecule has 15 heteroatoms. The molecular formula is C29H48O15. The number of aliphatic hydroxyl groups excluding tert-OH is 3. The van der Waals surface area contributed by atoms with Crippen molar-refractivity contribution in [3.05, 3.63) is 62.3 Å². The number of carbonyl (C=O) groups is 7. The van der Waals surface area contributed by atoms with Crippen LogP contribution in [-0.2, 0) is 33.6 Å². The number of carboxylic acids is 5. The van der Waals surface area contributed by atoms with Crippen LogP contribution in [0.2, 0.25) is 0 Å². The van der Waals surface area contributed by atoms with Crippen molar-refractivity contribution in [3.63, 3.8) is 0 Å². The lowest BCUT2D eigenvalue weighted by atomic mass is 9.88. The molecule has 0 bridgehead atoms. The third-order valence-corrected chi connectivity index (χ3v) is 3.90. The van der Waals surface area contributed by atoms with Crippen LogP contribution in [0.25, 0.3) is 0 Å². The monoisotopic (exact) mass is 636 g/mol. The van der Waals surface area contributed by atoms with E-state index in [2.05, 4.69) is 32.9 Å². The summed E-state index contributed by atoms with van der Waals surface area (Å²) in [7, 11) is 0. The zero-order valence-electron chi connectivity index (χ0n) is 25.5. The molecule has 44 heavy (non-hydrogen) atoms. The van der Waals surface area contributed by atoms with E-state index in [0.29, 0.717) is 19.3 Å². The van der Waals surface area contributed by atoms with E-state index < -0.39 is 35.3 Å². The third kappa shape index (κ3) is 71.0. The van der Waals surface area contributed by atoms with Crippen LogP contribution in [0, 0.1) is 5.41 Å². The predicted octanol–water partition coefficient (Wildman–Crippen LogP) is 2.37. The van der Waals surface area contributed by atoms with E-state index in [1.807, 2.05) is 6.92 Å². The van der Waals surface area contributed by atoms with Gasteiger partial charge in [0, 0.05) is 47.6 Å². The maximum absolute atomic E-state index is 9.68. The highest BCUT2D eigenvalue weighted by molar-refractivity contribution is 5.85. The van der Waals surface area contributed by atoms with E-state index in [1.54, 1.807) is 0 Å². The molecule has 0 fully saturated rings. The summed E-state index contributed by atoms with van der Waals surface area (Å²) in [6.45, 7) is 19.4. The topological polar surface area (TPSA) is 281 Å². The quantitative estimate of drug-likeness (QED) is 0.0771. The van der Waals surface area contributed by atoms with Crippen molar-refractivity contribution >= 4 is 42.4 Å². The highest BCUT2D eigenvalue weighted by Crippen LogP contribution is 2.18. The number of aliphatic hydroxyl groups is 3. The van der Waals surface area contributed by atoms with Crippen LogP contribution < -0.4 is 0 Å². The highest BCUT2D eigenvalue weighted by atomic mass is 16.4. The Kier molecular flexibility index (Phi) is 53.6. The van der Waals surface area contributed by atoms with Crippen molar-refractivity contribution in [1.82, 2.24) is 0 Å². The normalized spacial score (nSPS) is 8.23. The van der Waals surface area contributed by atoms with Crippen LogP contribution in [-0.4, -0.2) is 103 Å². The second-order valence-corrected chi connectivity index (χ2v) is 7.74. The molecule has 0 unspecified atom stereocenters. The van der Waals surface area contributed by atoms with Gasteiger partial charge in [0.15, 0.2) is 0 Å². The minimum absolute atomic E-state index is 0.156. The van der Waals surface area contributed by atoms with E-state index in [-0.39, 0.29) is 31.0 Å². The third-order valence-electron chi connectivity index (χ3n) is 3.90. The van der Waals surface area contributed by atoms with Gasteiger partial charge in [0.25, 0.3) is 0 Å². The molecule has 0 spiro atoms. The fourth-order valence-corrected chi connectivity index (χ4v) is 0.941. The first-order valence-corrected chi connectivity index (χ1v) is 12.3. The summed E-state index contributed by atoms with van der Waals surface area (Å²) in [5.74, 6) is -4.81. The molecule has 0 amide bonds. The molecule has 0 heterocycles. The molecule has 0 atom stereocenters. The van der Waals surface area contributed by atoms with Crippen LogP contribution in [0.1, 0.15) is 52.9 Å². The minimum Gasteiger partial charge on any atom is -0.478 e. The van der Waals surface area contributed by atoms with Crippen molar-refractivity contribution in [3.8, 4) is 0 Å². The maximum Gasteiger partial charge on any atom is 0.330 e. The minimum atomic E-state index is -0.981. The van der Waals surface area contributed by atoms with Gasteiger partial charge in [-0.05, 0) is 33.1 Å². The Labute approximate surface area is 257 Å². The van der Waals surface area contributed by atoms with E-state index in [9.17, 15) is 33.6 Å². The summed E-state index contributed by atoms with van der Waals surface area (Å²) in [6, 6.07) is 0. The molecule has 0 rings (SSSR count). The lowest BCUT2D eigenvalue weighted by Gasteiger charge is -2.24.